The van der Waals surface area contributed by atoms with Gasteiger partial charge >= 0.3 is 18.2 Å². The highest BCUT2D eigenvalue weighted by molar-refractivity contribution is 5.95. The number of hydrogen-bond donors (Lipinski definition) is 2. The van der Waals surface area contributed by atoms with E-state index in [-0.39, 0.29) is 19.0 Å². The molecule has 1 aliphatic heterocycles. The van der Waals surface area contributed by atoms with Gasteiger partial charge in [0.05, 0.1) is 20.1 Å². The number of hydrogen-bond acceptors (Lipinski definition) is 5. The Bertz CT molecular complexity index is 443. The largest absolute Gasteiger partial charge is 0.469 e. The molecule has 0 aromatic rings. The van der Waals surface area contributed by atoms with E-state index in [1.165, 1.54) is 7.11 Å². The number of nitrogens with one attached hydrogen (secondary N) is 2. The second-order valence-electron chi connectivity index (χ2n) is 5.25. The number of carbonyl (C=O) groups is 3. The van der Waals surface area contributed by atoms with Crippen LogP contribution in [0.3, 0.4) is 0 Å². The standard InChI is InChI=1S/C13H20F3N3O4/c1-23-11(21)6-9-4-2-3-5-19(9)7-10(20)18-12(22)17-8-13(14,15)16/h9H,2-8H2,1H3,(H2,17,18,20,22)/t9-/m0/s1. The first-order chi connectivity index (χ1) is 10.7. The summed E-state index contributed by atoms with van der Waals surface area (Å²) in [7, 11) is 1.27. The number of likely N-dealkylation sites (tertiary alicyclic amines) is 1. The number of rotatable bonds is 5. The number of esters is 1. The molecule has 1 saturated heterocycles. The van der Waals surface area contributed by atoms with Gasteiger partial charge in [0.25, 0.3) is 0 Å². The number of carbonyl (C=O) groups excluding carboxylic acids is 3. The Balaban J connectivity index is 2.44. The van der Waals surface area contributed by atoms with Crippen LogP contribution in [0.15, 0.2) is 0 Å². The highest BCUT2D eigenvalue weighted by atomic mass is 19.4. The van der Waals surface area contributed by atoms with Crippen LogP contribution < -0.4 is 10.6 Å². The molecule has 1 aliphatic rings. The molecular weight excluding hydrogens is 319 g/mol. The lowest BCUT2D eigenvalue weighted by Gasteiger charge is -2.34. The van der Waals surface area contributed by atoms with E-state index in [0.717, 1.165) is 12.8 Å². The third kappa shape index (κ3) is 7.82. The first kappa shape index (κ1) is 19.2. The molecule has 132 valence electrons. The Morgan fingerprint density at radius 3 is 2.57 bits per heavy atom. The molecule has 0 aromatic carbocycles. The van der Waals surface area contributed by atoms with Crippen LogP contribution in [0.4, 0.5) is 18.0 Å². The third-order valence-corrected chi connectivity index (χ3v) is 3.43. The summed E-state index contributed by atoms with van der Waals surface area (Å²) in [4.78, 5) is 36.0. The molecule has 0 spiro atoms. The second-order valence-corrected chi connectivity index (χ2v) is 5.25. The smallest absolute Gasteiger partial charge is 0.405 e. The van der Waals surface area contributed by atoms with Gasteiger partial charge < -0.3 is 10.1 Å². The van der Waals surface area contributed by atoms with Gasteiger partial charge in [-0.3, -0.25) is 19.8 Å². The van der Waals surface area contributed by atoms with E-state index in [2.05, 4.69) is 4.74 Å². The van der Waals surface area contributed by atoms with E-state index < -0.39 is 30.6 Å². The summed E-state index contributed by atoms with van der Waals surface area (Å²) >= 11 is 0. The van der Waals surface area contributed by atoms with Crippen molar-refractivity contribution in [2.45, 2.75) is 37.9 Å². The predicted octanol–water partition coefficient (Wildman–Crippen LogP) is 0.792. The van der Waals surface area contributed by atoms with Gasteiger partial charge in [0, 0.05) is 6.04 Å². The van der Waals surface area contributed by atoms with Gasteiger partial charge in [-0.15, -0.1) is 0 Å². The molecule has 0 radical (unpaired) electrons. The molecule has 1 atom stereocenters. The molecule has 0 saturated carbocycles. The number of alkyl halides is 3. The van der Waals surface area contributed by atoms with E-state index in [1.807, 2.05) is 5.32 Å². The molecule has 1 fully saturated rings. The first-order valence-electron chi connectivity index (χ1n) is 7.16. The molecule has 23 heavy (non-hydrogen) atoms. The Morgan fingerprint density at radius 1 is 1.26 bits per heavy atom. The zero-order valence-corrected chi connectivity index (χ0v) is 12.7. The number of methoxy groups -OCH3 is 1. The number of halogens is 3. The summed E-state index contributed by atoms with van der Waals surface area (Å²) < 4.78 is 40.5. The predicted molar refractivity (Wildman–Crippen MR) is 73.4 cm³/mol. The zero-order valence-electron chi connectivity index (χ0n) is 12.7. The molecule has 3 amide bonds. The normalized spacial score (nSPS) is 19.0. The summed E-state index contributed by atoms with van der Waals surface area (Å²) in [5.41, 5.74) is 0. The van der Waals surface area contributed by atoms with Crippen LogP contribution in [-0.4, -0.2) is 61.8 Å². The van der Waals surface area contributed by atoms with Crippen molar-refractivity contribution in [1.82, 2.24) is 15.5 Å². The van der Waals surface area contributed by atoms with Crippen LogP contribution in [0, 0.1) is 0 Å². The molecule has 0 aromatic heterocycles. The van der Waals surface area contributed by atoms with Gasteiger partial charge in [-0.2, -0.15) is 13.2 Å². The van der Waals surface area contributed by atoms with Gasteiger partial charge in [-0.1, -0.05) is 6.42 Å². The maximum absolute atomic E-state index is 12.0. The van der Waals surface area contributed by atoms with E-state index in [1.54, 1.807) is 10.2 Å². The van der Waals surface area contributed by atoms with E-state index in [9.17, 15) is 27.6 Å². The fourth-order valence-corrected chi connectivity index (χ4v) is 2.35. The molecule has 1 heterocycles. The van der Waals surface area contributed by atoms with Gasteiger partial charge in [-0.05, 0) is 19.4 Å². The zero-order chi connectivity index (χ0) is 17.5. The second kappa shape index (κ2) is 8.70. The van der Waals surface area contributed by atoms with E-state index in [0.29, 0.717) is 13.0 Å². The quantitative estimate of drug-likeness (QED) is 0.723. The number of amides is 3. The third-order valence-electron chi connectivity index (χ3n) is 3.43. The monoisotopic (exact) mass is 339 g/mol. The van der Waals surface area contributed by atoms with Gasteiger partial charge in [0.2, 0.25) is 5.91 Å². The molecule has 0 bridgehead atoms. The van der Waals surface area contributed by atoms with Crippen LogP contribution in [0.2, 0.25) is 0 Å². The summed E-state index contributed by atoms with van der Waals surface area (Å²) in [5, 5.41) is 3.40. The SMILES string of the molecule is COC(=O)C[C@@H]1CCCCN1CC(=O)NC(=O)NCC(F)(F)F. The Hall–Kier alpha value is -1.84. The fraction of sp³-hybridized carbons (Fsp3) is 0.769. The summed E-state index contributed by atoms with van der Waals surface area (Å²) in [6, 6.07) is -1.38. The molecule has 1 rings (SSSR count). The molecule has 7 nitrogen and oxygen atoms in total. The number of imide groups is 1. The van der Waals surface area contributed by atoms with Crippen LogP contribution in [0.5, 0.6) is 0 Å². The van der Waals surface area contributed by atoms with Crippen LogP contribution >= 0.6 is 0 Å². The van der Waals surface area contributed by atoms with Crippen molar-refractivity contribution in [2.75, 3.05) is 26.7 Å². The van der Waals surface area contributed by atoms with Crippen molar-refractivity contribution in [2.24, 2.45) is 0 Å². The summed E-state index contributed by atoms with van der Waals surface area (Å²) in [6.07, 6.45) is -1.96. The Kier molecular flexibility index (Phi) is 7.27. The van der Waals surface area contributed by atoms with Crippen LogP contribution in [0.1, 0.15) is 25.7 Å². The Morgan fingerprint density at radius 2 is 1.96 bits per heavy atom. The van der Waals surface area contributed by atoms with Crippen molar-refractivity contribution >= 4 is 17.9 Å². The molecule has 0 unspecified atom stereocenters. The summed E-state index contributed by atoms with van der Waals surface area (Å²) in [5.74, 6) is -1.12. The van der Waals surface area contributed by atoms with Gasteiger partial charge in [-0.25, -0.2) is 4.79 Å². The lowest BCUT2D eigenvalue weighted by molar-refractivity contribution is -0.143. The minimum absolute atomic E-state index is 0.129. The van der Waals surface area contributed by atoms with Crippen molar-refractivity contribution in [1.29, 1.82) is 0 Å². The van der Waals surface area contributed by atoms with Crippen molar-refractivity contribution in [3.63, 3.8) is 0 Å². The lowest BCUT2D eigenvalue weighted by Crippen LogP contribution is -2.50. The fourth-order valence-electron chi connectivity index (χ4n) is 2.35. The highest BCUT2D eigenvalue weighted by Gasteiger charge is 2.29. The van der Waals surface area contributed by atoms with E-state index in [4.69, 9.17) is 0 Å². The van der Waals surface area contributed by atoms with Gasteiger partial charge in [0.15, 0.2) is 0 Å². The van der Waals surface area contributed by atoms with Crippen molar-refractivity contribution in [3.8, 4) is 0 Å². The lowest BCUT2D eigenvalue weighted by atomic mass is 9.99. The topological polar surface area (TPSA) is 87.7 Å². The maximum Gasteiger partial charge on any atom is 0.405 e. The molecular formula is C13H20F3N3O4. The van der Waals surface area contributed by atoms with Crippen molar-refractivity contribution in [3.05, 3.63) is 0 Å². The van der Waals surface area contributed by atoms with Crippen molar-refractivity contribution < 1.29 is 32.3 Å². The van der Waals surface area contributed by atoms with Crippen LogP contribution in [-0.2, 0) is 14.3 Å². The first-order valence-corrected chi connectivity index (χ1v) is 7.16. The average Bonchev–Trinajstić information content (AvgIpc) is 2.46. The number of urea groups is 1. The summed E-state index contributed by atoms with van der Waals surface area (Å²) in [6.45, 7) is -1.11. The highest BCUT2D eigenvalue weighted by Crippen LogP contribution is 2.19. The maximum atomic E-state index is 12.0. The minimum Gasteiger partial charge on any atom is -0.469 e. The number of ether oxygens (including phenoxy) is 1. The number of piperidine rings is 1. The van der Waals surface area contributed by atoms with Gasteiger partial charge in [0.1, 0.15) is 6.54 Å². The Labute approximate surface area is 131 Å². The average molecular weight is 339 g/mol. The molecule has 0 aliphatic carbocycles. The minimum atomic E-state index is -4.54. The van der Waals surface area contributed by atoms with E-state index >= 15 is 0 Å². The molecule has 10 heteroatoms. The molecule has 2 N–H and O–H groups in total. The number of nitrogens with zero attached hydrogens (tertiary/aromatic N) is 1. The van der Waals surface area contributed by atoms with Crippen LogP contribution in [0.25, 0.3) is 0 Å².